The maximum absolute atomic E-state index is 11.3. The van der Waals surface area contributed by atoms with E-state index in [4.69, 9.17) is 9.47 Å². The van der Waals surface area contributed by atoms with Gasteiger partial charge in [0.05, 0.1) is 18.1 Å². The fourth-order valence-corrected chi connectivity index (χ4v) is 1.96. The number of sulfone groups is 1. The van der Waals surface area contributed by atoms with Gasteiger partial charge < -0.3 is 9.47 Å². The fraction of sp³-hybridized carbons (Fsp3) is 0.455. The minimum atomic E-state index is -3.19. The van der Waals surface area contributed by atoms with Gasteiger partial charge in [0.25, 0.3) is 0 Å². The van der Waals surface area contributed by atoms with E-state index in [0.29, 0.717) is 31.3 Å². The number of hydrogen-bond acceptors (Lipinski definition) is 5. The van der Waals surface area contributed by atoms with Crippen molar-refractivity contribution < 1.29 is 17.9 Å². The summed E-state index contributed by atoms with van der Waals surface area (Å²) in [5.74, 6) is 1.20. The largest absolute Gasteiger partial charge is 0.491 e. The quantitative estimate of drug-likeness (QED) is 0.604. The van der Waals surface area contributed by atoms with Crippen LogP contribution < -0.4 is 4.74 Å². The Morgan fingerprint density at radius 2 is 2.00 bits per heavy atom. The summed E-state index contributed by atoms with van der Waals surface area (Å²) >= 11 is 4.01. The van der Waals surface area contributed by atoms with Gasteiger partial charge in [0.1, 0.15) is 12.4 Å². The summed E-state index contributed by atoms with van der Waals surface area (Å²) in [7, 11) is -3.19. The molecule has 0 aliphatic carbocycles. The standard InChI is InChI=1S/C11H16O4S2/c1-17(12,13)11-4-2-3-10(9-11)15-6-5-14-7-8-16/h2-4,9,16H,5-8H2,1H3. The Balaban J connectivity index is 2.49. The van der Waals surface area contributed by atoms with Gasteiger partial charge in [-0.1, -0.05) is 6.07 Å². The van der Waals surface area contributed by atoms with E-state index in [0.717, 1.165) is 0 Å². The van der Waals surface area contributed by atoms with Crippen molar-refractivity contribution in [2.75, 3.05) is 31.8 Å². The molecule has 0 saturated heterocycles. The first-order chi connectivity index (χ1) is 8.04. The summed E-state index contributed by atoms with van der Waals surface area (Å²) < 4.78 is 33.2. The molecule has 96 valence electrons. The second kappa shape index (κ2) is 6.88. The Hall–Kier alpha value is -0.720. The van der Waals surface area contributed by atoms with E-state index < -0.39 is 9.84 Å². The van der Waals surface area contributed by atoms with Crippen LogP contribution in [0.4, 0.5) is 0 Å². The Kier molecular flexibility index (Phi) is 5.80. The normalized spacial score (nSPS) is 11.4. The fourth-order valence-electron chi connectivity index (χ4n) is 1.18. The maximum Gasteiger partial charge on any atom is 0.175 e. The van der Waals surface area contributed by atoms with Crippen molar-refractivity contribution in [3.05, 3.63) is 24.3 Å². The highest BCUT2D eigenvalue weighted by Gasteiger charge is 2.07. The molecule has 4 nitrogen and oxygen atoms in total. The van der Waals surface area contributed by atoms with Crippen LogP contribution in [0.3, 0.4) is 0 Å². The van der Waals surface area contributed by atoms with Crippen LogP contribution in [0.2, 0.25) is 0 Å². The minimum absolute atomic E-state index is 0.256. The van der Waals surface area contributed by atoms with E-state index in [1.807, 2.05) is 0 Å². The van der Waals surface area contributed by atoms with Gasteiger partial charge in [-0.3, -0.25) is 0 Å². The van der Waals surface area contributed by atoms with Crippen molar-refractivity contribution in [3.8, 4) is 5.75 Å². The molecule has 1 aromatic rings. The van der Waals surface area contributed by atoms with E-state index in [1.54, 1.807) is 18.2 Å². The zero-order valence-corrected chi connectivity index (χ0v) is 11.3. The third kappa shape index (κ3) is 5.43. The lowest BCUT2D eigenvalue weighted by atomic mass is 10.3. The zero-order chi connectivity index (χ0) is 12.7. The van der Waals surface area contributed by atoms with Crippen LogP contribution in [0.1, 0.15) is 0 Å². The summed E-state index contributed by atoms with van der Waals surface area (Å²) in [6.07, 6.45) is 1.17. The molecule has 0 amide bonds. The lowest BCUT2D eigenvalue weighted by molar-refractivity contribution is 0.112. The third-order valence-corrected chi connectivity index (χ3v) is 3.26. The van der Waals surface area contributed by atoms with Gasteiger partial charge in [0.2, 0.25) is 0 Å². The van der Waals surface area contributed by atoms with Gasteiger partial charge in [0, 0.05) is 12.0 Å². The molecular weight excluding hydrogens is 260 g/mol. The predicted octanol–water partition coefficient (Wildman–Crippen LogP) is 1.42. The predicted molar refractivity (Wildman–Crippen MR) is 69.7 cm³/mol. The van der Waals surface area contributed by atoms with E-state index in [1.165, 1.54) is 12.3 Å². The van der Waals surface area contributed by atoms with Crippen LogP contribution in [0.15, 0.2) is 29.2 Å². The monoisotopic (exact) mass is 276 g/mol. The maximum atomic E-state index is 11.3. The number of hydrogen-bond donors (Lipinski definition) is 1. The summed E-state index contributed by atoms with van der Waals surface area (Å²) in [4.78, 5) is 0.256. The van der Waals surface area contributed by atoms with Crippen molar-refractivity contribution in [2.45, 2.75) is 4.90 Å². The van der Waals surface area contributed by atoms with Crippen molar-refractivity contribution in [1.82, 2.24) is 0 Å². The molecule has 1 rings (SSSR count). The van der Waals surface area contributed by atoms with E-state index in [2.05, 4.69) is 12.6 Å². The molecule has 0 saturated carbocycles. The lowest BCUT2D eigenvalue weighted by Crippen LogP contribution is -2.08. The highest BCUT2D eigenvalue weighted by Crippen LogP contribution is 2.17. The lowest BCUT2D eigenvalue weighted by Gasteiger charge is -2.07. The van der Waals surface area contributed by atoms with E-state index >= 15 is 0 Å². The van der Waals surface area contributed by atoms with E-state index in [9.17, 15) is 8.42 Å². The van der Waals surface area contributed by atoms with Crippen LogP contribution in [-0.2, 0) is 14.6 Å². The Bertz CT molecular complexity index is 443. The highest BCUT2D eigenvalue weighted by molar-refractivity contribution is 7.90. The van der Waals surface area contributed by atoms with Gasteiger partial charge in [-0.05, 0) is 18.2 Å². The zero-order valence-electron chi connectivity index (χ0n) is 9.63. The molecule has 0 atom stereocenters. The molecule has 17 heavy (non-hydrogen) atoms. The second-order valence-electron chi connectivity index (χ2n) is 3.43. The molecule has 0 unspecified atom stereocenters. The van der Waals surface area contributed by atoms with Crippen molar-refractivity contribution in [2.24, 2.45) is 0 Å². The summed E-state index contributed by atoms with van der Waals surface area (Å²) in [6.45, 7) is 1.43. The first-order valence-electron chi connectivity index (χ1n) is 5.15. The molecule has 0 bridgehead atoms. The molecule has 0 N–H and O–H groups in total. The van der Waals surface area contributed by atoms with Crippen molar-refractivity contribution in [1.29, 1.82) is 0 Å². The van der Waals surface area contributed by atoms with Gasteiger partial charge in [-0.25, -0.2) is 8.42 Å². The topological polar surface area (TPSA) is 52.6 Å². The highest BCUT2D eigenvalue weighted by atomic mass is 32.2. The van der Waals surface area contributed by atoms with Gasteiger partial charge in [0.15, 0.2) is 9.84 Å². The number of rotatable bonds is 7. The van der Waals surface area contributed by atoms with Crippen LogP contribution >= 0.6 is 12.6 Å². The molecule has 6 heteroatoms. The molecule has 0 spiro atoms. The van der Waals surface area contributed by atoms with Crippen LogP contribution in [0.5, 0.6) is 5.75 Å². The SMILES string of the molecule is CS(=O)(=O)c1cccc(OCCOCCS)c1. The summed E-state index contributed by atoms with van der Waals surface area (Å²) in [5.41, 5.74) is 0. The third-order valence-electron chi connectivity index (χ3n) is 1.97. The Labute approximate surface area is 107 Å². The first kappa shape index (κ1) is 14.3. The average Bonchev–Trinajstić information content (AvgIpc) is 2.28. The van der Waals surface area contributed by atoms with Crippen LogP contribution in [0.25, 0.3) is 0 Å². The summed E-state index contributed by atoms with van der Waals surface area (Å²) in [5, 5.41) is 0. The molecule has 0 aromatic heterocycles. The van der Waals surface area contributed by atoms with E-state index in [-0.39, 0.29) is 4.90 Å². The molecule has 0 aliphatic rings. The molecule has 0 aliphatic heterocycles. The Morgan fingerprint density at radius 3 is 2.65 bits per heavy atom. The summed E-state index contributed by atoms with van der Waals surface area (Å²) in [6, 6.07) is 6.42. The minimum Gasteiger partial charge on any atom is -0.491 e. The molecule has 1 aromatic carbocycles. The van der Waals surface area contributed by atoms with Crippen molar-refractivity contribution >= 4 is 22.5 Å². The van der Waals surface area contributed by atoms with Crippen LogP contribution in [-0.4, -0.2) is 40.2 Å². The number of benzene rings is 1. The smallest absolute Gasteiger partial charge is 0.175 e. The molecule has 0 fully saturated rings. The molecular formula is C11H16O4S2. The van der Waals surface area contributed by atoms with Gasteiger partial charge in [-0.15, -0.1) is 0 Å². The first-order valence-corrected chi connectivity index (χ1v) is 7.68. The second-order valence-corrected chi connectivity index (χ2v) is 5.89. The molecule has 0 heterocycles. The number of ether oxygens (including phenoxy) is 2. The average molecular weight is 276 g/mol. The molecule has 0 radical (unpaired) electrons. The van der Waals surface area contributed by atoms with Gasteiger partial charge >= 0.3 is 0 Å². The van der Waals surface area contributed by atoms with Crippen LogP contribution in [0, 0.1) is 0 Å². The van der Waals surface area contributed by atoms with Crippen molar-refractivity contribution in [3.63, 3.8) is 0 Å². The number of thiol groups is 1. The Morgan fingerprint density at radius 1 is 1.24 bits per heavy atom. The van der Waals surface area contributed by atoms with Gasteiger partial charge in [-0.2, -0.15) is 12.6 Å².